The summed E-state index contributed by atoms with van der Waals surface area (Å²) >= 11 is 0. The second-order valence-electron chi connectivity index (χ2n) is 8.54. The van der Waals surface area contributed by atoms with Gasteiger partial charge in [-0.15, -0.1) is 0 Å². The molecule has 3 aliphatic heterocycles. The summed E-state index contributed by atoms with van der Waals surface area (Å²) < 4.78 is 20.6. The van der Waals surface area contributed by atoms with Crippen LogP contribution in [0.15, 0.2) is 41.5 Å². The number of hydrazone groups is 1. The second kappa shape index (κ2) is 6.70. The van der Waals surface area contributed by atoms with Crippen LogP contribution in [0.3, 0.4) is 0 Å². The molecule has 5 rings (SSSR count). The minimum Gasteiger partial charge on any atom is -0.483 e. The number of amides is 1. The van der Waals surface area contributed by atoms with Crippen molar-refractivity contribution in [1.29, 1.82) is 0 Å². The van der Waals surface area contributed by atoms with Crippen LogP contribution < -0.4 is 20.4 Å². The first-order chi connectivity index (χ1) is 14.3. The van der Waals surface area contributed by atoms with E-state index in [4.69, 9.17) is 4.74 Å². The Kier molecular flexibility index (Phi) is 4.21. The van der Waals surface area contributed by atoms with Gasteiger partial charge in [-0.25, -0.2) is 9.82 Å². The monoisotopic (exact) mass is 409 g/mol. The van der Waals surface area contributed by atoms with Gasteiger partial charge >= 0.3 is 0 Å². The predicted molar refractivity (Wildman–Crippen MR) is 114 cm³/mol. The van der Waals surface area contributed by atoms with E-state index in [1.165, 1.54) is 6.07 Å². The Bertz CT molecular complexity index is 1060. The molecule has 0 saturated carbocycles. The molecule has 1 fully saturated rings. The highest BCUT2D eigenvalue weighted by Gasteiger charge is 2.39. The van der Waals surface area contributed by atoms with Crippen molar-refractivity contribution in [3.8, 4) is 16.9 Å². The number of likely N-dealkylation sites (tertiary alicyclic amines) is 1. The van der Waals surface area contributed by atoms with Crippen LogP contribution in [-0.2, 0) is 4.79 Å². The first-order valence-corrected chi connectivity index (χ1v) is 10.0. The van der Waals surface area contributed by atoms with Gasteiger partial charge in [0.25, 0.3) is 5.91 Å². The van der Waals surface area contributed by atoms with Crippen LogP contribution in [0.4, 0.5) is 15.8 Å². The van der Waals surface area contributed by atoms with Crippen LogP contribution in [0.1, 0.15) is 13.8 Å². The number of ether oxygens (including phenoxy) is 1. The minimum absolute atomic E-state index is 0.125. The molecule has 1 unspecified atom stereocenters. The lowest BCUT2D eigenvalue weighted by molar-refractivity contribution is -0.122. The molecule has 3 heterocycles. The van der Waals surface area contributed by atoms with Crippen molar-refractivity contribution >= 4 is 23.1 Å². The number of halogens is 1. The summed E-state index contributed by atoms with van der Waals surface area (Å²) in [7, 11) is 2.07. The molecule has 2 aromatic rings. The maximum absolute atomic E-state index is 14.7. The van der Waals surface area contributed by atoms with Crippen molar-refractivity contribution < 1.29 is 13.9 Å². The molecule has 30 heavy (non-hydrogen) atoms. The van der Waals surface area contributed by atoms with Gasteiger partial charge in [-0.1, -0.05) is 18.2 Å². The third-order valence-corrected chi connectivity index (χ3v) is 5.89. The van der Waals surface area contributed by atoms with Gasteiger partial charge in [0.15, 0.2) is 5.84 Å². The molecular weight excluding hydrogens is 385 g/mol. The van der Waals surface area contributed by atoms with Crippen molar-refractivity contribution in [3.63, 3.8) is 0 Å². The van der Waals surface area contributed by atoms with Crippen LogP contribution in [0.2, 0.25) is 0 Å². The maximum atomic E-state index is 14.7. The van der Waals surface area contributed by atoms with Crippen LogP contribution in [0.25, 0.3) is 11.1 Å². The molecule has 0 aliphatic carbocycles. The Morgan fingerprint density at radius 1 is 1.27 bits per heavy atom. The first kappa shape index (κ1) is 18.9. The van der Waals surface area contributed by atoms with E-state index in [9.17, 15) is 9.18 Å². The summed E-state index contributed by atoms with van der Waals surface area (Å²) in [5.74, 6) is 0.788. The number of carbonyl (C=O) groups excluding carboxylic acids is 1. The summed E-state index contributed by atoms with van der Waals surface area (Å²) in [5.41, 5.74) is 5.21. The Hall–Kier alpha value is -3.13. The van der Waals surface area contributed by atoms with Gasteiger partial charge in [0.1, 0.15) is 24.2 Å². The molecule has 2 N–H and O–H groups in total. The number of benzene rings is 2. The third-order valence-electron chi connectivity index (χ3n) is 5.89. The van der Waals surface area contributed by atoms with E-state index in [2.05, 4.69) is 34.7 Å². The summed E-state index contributed by atoms with van der Waals surface area (Å²) in [5, 5.41) is 7.77. The molecule has 1 amide bonds. The van der Waals surface area contributed by atoms with Gasteiger partial charge in [0, 0.05) is 29.9 Å². The van der Waals surface area contributed by atoms with E-state index >= 15 is 0 Å². The van der Waals surface area contributed by atoms with Gasteiger partial charge in [-0.2, -0.15) is 5.10 Å². The second-order valence-corrected chi connectivity index (χ2v) is 8.54. The van der Waals surface area contributed by atoms with Gasteiger partial charge in [-0.05, 0) is 39.1 Å². The number of rotatable bonds is 3. The summed E-state index contributed by atoms with van der Waals surface area (Å²) in [6.07, 6.45) is 0. The number of carbonyl (C=O) groups is 1. The first-order valence-electron chi connectivity index (χ1n) is 10.0. The lowest BCUT2D eigenvalue weighted by Gasteiger charge is -2.48. The molecule has 0 aromatic heterocycles. The highest BCUT2D eigenvalue weighted by Crippen LogP contribution is 2.44. The molecule has 1 atom stereocenters. The molecule has 7 nitrogen and oxygen atoms in total. The van der Waals surface area contributed by atoms with E-state index < -0.39 is 6.04 Å². The molecule has 8 heteroatoms. The Morgan fingerprint density at radius 3 is 2.77 bits per heavy atom. The molecule has 156 valence electrons. The lowest BCUT2D eigenvalue weighted by atomic mass is 9.91. The van der Waals surface area contributed by atoms with Crippen molar-refractivity contribution in [1.82, 2.24) is 10.3 Å². The van der Waals surface area contributed by atoms with Crippen molar-refractivity contribution in [2.75, 3.05) is 37.0 Å². The Labute approximate surface area is 174 Å². The highest BCUT2D eigenvalue weighted by atomic mass is 19.1. The summed E-state index contributed by atoms with van der Waals surface area (Å²) in [6.45, 7) is 5.99. The molecule has 0 spiro atoms. The van der Waals surface area contributed by atoms with E-state index in [1.54, 1.807) is 12.1 Å². The van der Waals surface area contributed by atoms with Crippen molar-refractivity contribution in [2.24, 2.45) is 5.10 Å². The lowest BCUT2D eigenvalue weighted by Crippen LogP contribution is -2.62. The molecule has 1 saturated heterocycles. The number of nitrogens with one attached hydrogen (secondary N) is 2. The van der Waals surface area contributed by atoms with Crippen LogP contribution >= 0.6 is 0 Å². The average molecular weight is 409 g/mol. The maximum Gasteiger partial charge on any atom is 0.262 e. The van der Waals surface area contributed by atoms with E-state index in [-0.39, 0.29) is 23.9 Å². The van der Waals surface area contributed by atoms with Crippen LogP contribution in [-0.4, -0.2) is 55.0 Å². The van der Waals surface area contributed by atoms with Crippen molar-refractivity contribution in [3.05, 3.63) is 42.2 Å². The van der Waals surface area contributed by atoms with Gasteiger partial charge in [-0.3, -0.25) is 4.79 Å². The largest absolute Gasteiger partial charge is 0.483 e. The zero-order valence-corrected chi connectivity index (χ0v) is 17.2. The zero-order valence-electron chi connectivity index (χ0n) is 17.2. The molecule has 0 bridgehead atoms. The standard InChI is InChI=1S/C22H24FN5O2/c1-13-21(29)26-25-20-10-30-19-8-15(14-6-4-5-7-16(14)23)17(9-18(19)28(13)20)24-22(2)11-27(3)12-22/h4-9,13,24H,10-12H2,1-3H3,(H,26,29). The fourth-order valence-corrected chi connectivity index (χ4v) is 4.63. The highest BCUT2D eigenvalue weighted by molar-refractivity contribution is 6.10. The number of amidine groups is 1. The number of hydrogen-bond donors (Lipinski definition) is 2. The molecule has 0 radical (unpaired) electrons. The van der Waals surface area contributed by atoms with Gasteiger partial charge in [0.05, 0.1) is 11.2 Å². The Balaban J connectivity index is 1.65. The van der Waals surface area contributed by atoms with Gasteiger partial charge < -0.3 is 19.9 Å². The zero-order chi connectivity index (χ0) is 21.0. The fraction of sp³-hybridized carbons (Fsp3) is 0.364. The normalized spacial score (nSPS) is 22.1. The average Bonchev–Trinajstić information content (AvgIpc) is 2.69. The third kappa shape index (κ3) is 2.99. The van der Waals surface area contributed by atoms with E-state index in [0.717, 1.165) is 30.0 Å². The molecule has 2 aromatic carbocycles. The number of anilines is 2. The minimum atomic E-state index is -0.419. The Morgan fingerprint density at radius 2 is 2.03 bits per heavy atom. The fourth-order valence-electron chi connectivity index (χ4n) is 4.63. The number of likely N-dealkylation sites (N-methyl/N-ethyl adjacent to an activating group) is 1. The summed E-state index contributed by atoms with van der Waals surface area (Å²) in [4.78, 5) is 16.3. The van der Waals surface area contributed by atoms with Crippen LogP contribution in [0, 0.1) is 5.82 Å². The number of nitrogens with zero attached hydrogens (tertiary/aromatic N) is 3. The summed E-state index contributed by atoms with van der Waals surface area (Å²) in [6, 6.07) is 10.1. The number of fused-ring (bicyclic) bond motifs is 3. The molecule has 3 aliphatic rings. The molecular formula is C22H24FN5O2. The topological polar surface area (TPSA) is 69.2 Å². The smallest absolute Gasteiger partial charge is 0.262 e. The van der Waals surface area contributed by atoms with Crippen molar-refractivity contribution in [2.45, 2.75) is 25.4 Å². The van der Waals surface area contributed by atoms with Crippen LogP contribution in [0.5, 0.6) is 5.75 Å². The quantitative estimate of drug-likeness (QED) is 0.816. The van der Waals surface area contributed by atoms with E-state index in [1.807, 2.05) is 30.0 Å². The SMILES string of the molecule is CC1C(=O)NN=C2COc3cc(-c4ccccc4F)c(NC4(C)CN(C)C4)cc3N21. The van der Waals surface area contributed by atoms with Gasteiger partial charge in [0.2, 0.25) is 0 Å². The number of hydrogen-bond acceptors (Lipinski definition) is 6. The van der Waals surface area contributed by atoms with E-state index in [0.29, 0.717) is 17.1 Å². The predicted octanol–water partition coefficient (Wildman–Crippen LogP) is 2.64.